The summed E-state index contributed by atoms with van der Waals surface area (Å²) in [6, 6.07) is 1.98. The van der Waals surface area contributed by atoms with E-state index < -0.39 is 0 Å². The van der Waals surface area contributed by atoms with Crippen molar-refractivity contribution in [2.24, 2.45) is 0 Å². The van der Waals surface area contributed by atoms with Crippen LogP contribution >= 0.6 is 23.4 Å². The number of rotatable bonds is 4. The summed E-state index contributed by atoms with van der Waals surface area (Å²) in [5, 5.41) is 0. The van der Waals surface area contributed by atoms with E-state index in [2.05, 4.69) is 6.92 Å². The van der Waals surface area contributed by atoms with Gasteiger partial charge in [0, 0.05) is 11.6 Å². The Bertz CT molecular complexity index is 210. The van der Waals surface area contributed by atoms with E-state index in [4.69, 9.17) is 16.0 Å². The lowest BCUT2D eigenvalue weighted by atomic mass is 10.3. The van der Waals surface area contributed by atoms with Crippen LogP contribution in [0.25, 0.3) is 0 Å². The predicted octanol–water partition coefficient (Wildman–Crippen LogP) is 3.06. The molecule has 0 bridgehead atoms. The van der Waals surface area contributed by atoms with E-state index in [9.17, 15) is 0 Å². The van der Waals surface area contributed by atoms with E-state index in [1.807, 2.05) is 6.07 Å². The van der Waals surface area contributed by atoms with Crippen molar-refractivity contribution in [3.63, 3.8) is 0 Å². The molecule has 0 fully saturated rings. The lowest BCUT2D eigenvalue weighted by Gasteiger charge is -1.96. The maximum Gasteiger partial charge on any atom is 0.116 e. The van der Waals surface area contributed by atoms with Crippen LogP contribution in [-0.2, 0) is 5.75 Å². The molecule has 1 aromatic heterocycles. The molecule has 3 heteroatoms. The van der Waals surface area contributed by atoms with Gasteiger partial charge in [-0.25, -0.2) is 0 Å². The molecule has 0 radical (unpaired) electrons. The molecule has 1 rings (SSSR count). The normalized spacial score (nSPS) is 10.4. The van der Waals surface area contributed by atoms with Gasteiger partial charge in [0.05, 0.1) is 12.0 Å². The highest BCUT2D eigenvalue weighted by Gasteiger charge is 2.00. The van der Waals surface area contributed by atoms with Crippen LogP contribution in [0.1, 0.15) is 11.3 Å². The van der Waals surface area contributed by atoms with Crippen molar-refractivity contribution in [3.05, 3.63) is 23.7 Å². The van der Waals surface area contributed by atoms with Gasteiger partial charge >= 0.3 is 0 Å². The van der Waals surface area contributed by atoms with Crippen LogP contribution in [0.4, 0.5) is 0 Å². The molecular formula is C8H11ClOS. The summed E-state index contributed by atoms with van der Waals surface area (Å²) < 4.78 is 5.25. The second kappa shape index (κ2) is 4.73. The molecule has 0 aliphatic rings. The van der Waals surface area contributed by atoms with Gasteiger partial charge in [-0.2, -0.15) is 11.8 Å². The molecule has 0 aliphatic heterocycles. The predicted molar refractivity (Wildman–Crippen MR) is 50.3 cm³/mol. The van der Waals surface area contributed by atoms with Crippen LogP contribution < -0.4 is 0 Å². The molecule has 0 N–H and O–H groups in total. The zero-order valence-electron chi connectivity index (χ0n) is 6.47. The second-order valence-electron chi connectivity index (χ2n) is 2.27. The third kappa shape index (κ3) is 2.80. The van der Waals surface area contributed by atoms with Gasteiger partial charge in [0.2, 0.25) is 0 Å². The maximum atomic E-state index is 5.53. The summed E-state index contributed by atoms with van der Waals surface area (Å²) in [5.41, 5.74) is 1.23. The summed E-state index contributed by atoms with van der Waals surface area (Å²) in [6.45, 7) is 2.06. The number of hydrogen-bond acceptors (Lipinski definition) is 2. The Hall–Kier alpha value is -0.0800. The molecule has 0 saturated heterocycles. The molecule has 1 nitrogen and oxygen atoms in total. The third-order valence-corrected chi connectivity index (χ3v) is 2.80. The van der Waals surface area contributed by atoms with Crippen LogP contribution in [0.5, 0.6) is 0 Å². The molecular weight excluding hydrogens is 180 g/mol. The molecule has 1 heterocycles. The number of aryl methyl sites for hydroxylation is 1. The fourth-order valence-corrected chi connectivity index (χ4v) is 1.83. The van der Waals surface area contributed by atoms with Crippen molar-refractivity contribution in [2.45, 2.75) is 12.7 Å². The van der Waals surface area contributed by atoms with Crippen molar-refractivity contribution < 1.29 is 4.42 Å². The van der Waals surface area contributed by atoms with E-state index in [1.165, 1.54) is 5.56 Å². The van der Waals surface area contributed by atoms with Crippen LogP contribution in [0.3, 0.4) is 0 Å². The summed E-state index contributed by atoms with van der Waals surface area (Å²) in [6.07, 6.45) is 1.73. The Labute approximate surface area is 76.1 Å². The van der Waals surface area contributed by atoms with Crippen molar-refractivity contribution in [2.75, 3.05) is 11.6 Å². The Morgan fingerprint density at radius 3 is 3.00 bits per heavy atom. The van der Waals surface area contributed by atoms with Crippen molar-refractivity contribution >= 4 is 23.4 Å². The number of thioether (sulfide) groups is 1. The van der Waals surface area contributed by atoms with E-state index >= 15 is 0 Å². The van der Waals surface area contributed by atoms with Gasteiger partial charge in [-0.05, 0) is 18.6 Å². The number of hydrogen-bond donors (Lipinski definition) is 0. The molecule has 0 amide bonds. The zero-order valence-corrected chi connectivity index (χ0v) is 8.04. The van der Waals surface area contributed by atoms with Gasteiger partial charge in [0.15, 0.2) is 0 Å². The monoisotopic (exact) mass is 190 g/mol. The van der Waals surface area contributed by atoms with Gasteiger partial charge in [-0.3, -0.25) is 0 Å². The van der Waals surface area contributed by atoms with Gasteiger partial charge in [-0.1, -0.05) is 0 Å². The van der Waals surface area contributed by atoms with Gasteiger partial charge in [-0.15, -0.1) is 11.6 Å². The Morgan fingerprint density at radius 1 is 1.64 bits per heavy atom. The molecule has 62 valence electrons. The van der Waals surface area contributed by atoms with Gasteiger partial charge < -0.3 is 4.42 Å². The highest BCUT2D eigenvalue weighted by atomic mass is 35.5. The standard InChI is InChI=1S/C8H11ClOS/c1-7-2-4-10-8(7)6-11-5-3-9/h2,4H,3,5-6H2,1H3. The maximum absolute atomic E-state index is 5.53. The second-order valence-corrected chi connectivity index (χ2v) is 3.75. The quantitative estimate of drug-likeness (QED) is 0.535. The minimum Gasteiger partial charge on any atom is -0.468 e. The summed E-state index contributed by atoms with van der Waals surface area (Å²) in [7, 11) is 0. The molecule has 0 spiro atoms. The lowest BCUT2D eigenvalue weighted by molar-refractivity contribution is 0.528. The fraction of sp³-hybridized carbons (Fsp3) is 0.500. The third-order valence-electron chi connectivity index (χ3n) is 1.42. The molecule has 0 atom stereocenters. The van der Waals surface area contributed by atoms with Crippen molar-refractivity contribution in [3.8, 4) is 0 Å². The van der Waals surface area contributed by atoms with Crippen LogP contribution in [0, 0.1) is 6.92 Å². The minimum absolute atomic E-state index is 0.713. The minimum atomic E-state index is 0.713. The summed E-state index contributed by atoms with van der Waals surface area (Å²) >= 11 is 7.33. The number of furan rings is 1. The highest BCUT2D eigenvalue weighted by molar-refractivity contribution is 7.98. The van der Waals surface area contributed by atoms with Crippen molar-refractivity contribution in [1.82, 2.24) is 0 Å². The van der Waals surface area contributed by atoms with E-state index in [0.717, 1.165) is 17.3 Å². The van der Waals surface area contributed by atoms with Crippen LogP contribution in [0.2, 0.25) is 0 Å². The highest BCUT2D eigenvalue weighted by Crippen LogP contribution is 2.16. The first kappa shape index (κ1) is 9.01. The average Bonchev–Trinajstić information content (AvgIpc) is 2.37. The Balaban J connectivity index is 2.32. The first-order valence-electron chi connectivity index (χ1n) is 3.51. The molecule has 11 heavy (non-hydrogen) atoms. The molecule has 0 aromatic carbocycles. The van der Waals surface area contributed by atoms with Gasteiger partial charge in [0.1, 0.15) is 5.76 Å². The molecule has 1 aromatic rings. The van der Waals surface area contributed by atoms with Gasteiger partial charge in [0.25, 0.3) is 0 Å². The Morgan fingerprint density at radius 2 is 2.45 bits per heavy atom. The SMILES string of the molecule is Cc1ccoc1CSCCCl. The van der Waals surface area contributed by atoms with Crippen molar-refractivity contribution in [1.29, 1.82) is 0 Å². The molecule has 0 saturated carbocycles. The summed E-state index contributed by atoms with van der Waals surface area (Å²) in [4.78, 5) is 0. The topological polar surface area (TPSA) is 13.1 Å². The molecule has 0 aliphatic carbocycles. The number of alkyl halides is 1. The Kier molecular flexibility index (Phi) is 3.87. The van der Waals surface area contributed by atoms with E-state index in [1.54, 1.807) is 18.0 Å². The largest absolute Gasteiger partial charge is 0.468 e. The lowest BCUT2D eigenvalue weighted by Crippen LogP contribution is -1.83. The smallest absolute Gasteiger partial charge is 0.116 e. The average molecular weight is 191 g/mol. The summed E-state index contributed by atoms with van der Waals surface area (Å²) in [5.74, 6) is 3.71. The van der Waals surface area contributed by atoms with E-state index in [-0.39, 0.29) is 0 Å². The first-order valence-corrected chi connectivity index (χ1v) is 5.20. The fourth-order valence-electron chi connectivity index (χ4n) is 0.771. The van der Waals surface area contributed by atoms with Crippen LogP contribution in [0.15, 0.2) is 16.7 Å². The van der Waals surface area contributed by atoms with Crippen LogP contribution in [-0.4, -0.2) is 11.6 Å². The molecule has 0 unspecified atom stereocenters. The first-order chi connectivity index (χ1) is 5.34. The zero-order chi connectivity index (χ0) is 8.10. The van der Waals surface area contributed by atoms with E-state index in [0.29, 0.717) is 5.88 Å². The number of halogens is 1.